The van der Waals surface area contributed by atoms with Crippen molar-refractivity contribution in [3.63, 3.8) is 0 Å². The number of fused-ring (bicyclic) bond motifs is 1. The van der Waals surface area contributed by atoms with E-state index in [-0.39, 0.29) is 17.5 Å². The van der Waals surface area contributed by atoms with E-state index >= 15 is 0 Å². The molecule has 5 nitrogen and oxygen atoms in total. The molecule has 0 radical (unpaired) electrons. The third-order valence-electron chi connectivity index (χ3n) is 4.86. The Balaban J connectivity index is 1.61. The Morgan fingerprint density at radius 2 is 2.22 bits per heavy atom. The quantitative estimate of drug-likeness (QED) is 0.849. The first-order chi connectivity index (χ1) is 11.0. The molecule has 0 saturated carbocycles. The van der Waals surface area contributed by atoms with Crippen molar-refractivity contribution < 1.29 is 14.3 Å². The van der Waals surface area contributed by atoms with Crippen LogP contribution in [0, 0.1) is 0 Å². The number of ether oxygens (including phenoxy) is 1. The number of aryl methyl sites for hydroxylation is 1. The summed E-state index contributed by atoms with van der Waals surface area (Å²) in [6, 6.07) is 7.60. The standard InChI is InChI=1S/C17H21ClN2O3/c1-2-17-11-19(8-9-20(17)16(22)23-12-17)15(21)7-6-13-4-3-5-14(18)10-13/h3-5,10H,2,6-9,11-12H2,1H3. The van der Waals surface area contributed by atoms with E-state index in [1.165, 1.54) is 0 Å². The molecular formula is C17H21ClN2O3. The molecule has 6 heteroatoms. The van der Waals surface area contributed by atoms with Crippen molar-refractivity contribution >= 4 is 23.6 Å². The number of carbonyl (C=O) groups is 2. The van der Waals surface area contributed by atoms with E-state index in [0.717, 1.165) is 12.0 Å². The first-order valence-electron chi connectivity index (χ1n) is 8.01. The third kappa shape index (κ3) is 3.15. The van der Waals surface area contributed by atoms with Gasteiger partial charge in [0.1, 0.15) is 6.61 Å². The number of nitrogens with zero attached hydrogens (tertiary/aromatic N) is 2. The highest BCUT2D eigenvalue weighted by molar-refractivity contribution is 6.30. The van der Waals surface area contributed by atoms with Gasteiger partial charge in [0.25, 0.3) is 0 Å². The Morgan fingerprint density at radius 3 is 2.96 bits per heavy atom. The lowest BCUT2D eigenvalue weighted by Crippen LogP contribution is -2.62. The second kappa shape index (κ2) is 6.40. The van der Waals surface area contributed by atoms with Crippen LogP contribution in [0.2, 0.25) is 5.02 Å². The smallest absolute Gasteiger partial charge is 0.410 e. The maximum Gasteiger partial charge on any atom is 0.410 e. The molecule has 0 spiro atoms. The van der Waals surface area contributed by atoms with Gasteiger partial charge in [0.15, 0.2) is 0 Å². The van der Waals surface area contributed by atoms with Crippen molar-refractivity contribution in [3.8, 4) is 0 Å². The van der Waals surface area contributed by atoms with Crippen molar-refractivity contribution in [1.29, 1.82) is 0 Å². The predicted molar refractivity (Wildman–Crippen MR) is 87.4 cm³/mol. The monoisotopic (exact) mass is 336 g/mol. The zero-order valence-electron chi connectivity index (χ0n) is 13.3. The summed E-state index contributed by atoms with van der Waals surface area (Å²) in [5.41, 5.74) is 0.718. The average molecular weight is 337 g/mol. The first-order valence-corrected chi connectivity index (χ1v) is 8.38. The van der Waals surface area contributed by atoms with Crippen LogP contribution in [0.3, 0.4) is 0 Å². The number of cyclic esters (lactones) is 1. The number of hydrogen-bond acceptors (Lipinski definition) is 3. The van der Waals surface area contributed by atoms with E-state index in [2.05, 4.69) is 0 Å². The Hall–Kier alpha value is -1.75. The molecule has 23 heavy (non-hydrogen) atoms. The molecule has 0 aliphatic carbocycles. The summed E-state index contributed by atoms with van der Waals surface area (Å²) >= 11 is 5.97. The van der Waals surface area contributed by atoms with Gasteiger partial charge in [0.2, 0.25) is 5.91 Å². The van der Waals surface area contributed by atoms with E-state index in [1.54, 1.807) is 4.90 Å². The molecule has 2 amide bonds. The molecule has 2 saturated heterocycles. The summed E-state index contributed by atoms with van der Waals surface area (Å²) in [7, 11) is 0. The molecule has 1 unspecified atom stereocenters. The van der Waals surface area contributed by atoms with Gasteiger partial charge in [-0.25, -0.2) is 4.79 Å². The van der Waals surface area contributed by atoms with Gasteiger partial charge in [-0.3, -0.25) is 9.69 Å². The van der Waals surface area contributed by atoms with Gasteiger partial charge < -0.3 is 9.64 Å². The fourth-order valence-corrected chi connectivity index (χ4v) is 3.59. The van der Waals surface area contributed by atoms with Gasteiger partial charge in [-0.05, 0) is 30.5 Å². The molecule has 2 heterocycles. The van der Waals surface area contributed by atoms with Gasteiger partial charge in [-0.15, -0.1) is 0 Å². The highest BCUT2D eigenvalue weighted by Gasteiger charge is 2.50. The molecule has 2 aliphatic heterocycles. The highest BCUT2D eigenvalue weighted by Crippen LogP contribution is 2.32. The average Bonchev–Trinajstić information content (AvgIpc) is 2.90. The number of amides is 2. The number of rotatable bonds is 4. The number of carbonyl (C=O) groups excluding carboxylic acids is 2. The fraction of sp³-hybridized carbons (Fsp3) is 0.529. The van der Waals surface area contributed by atoms with E-state index in [1.807, 2.05) is 36.1 Å². The Bertz CT molecular complexity index is 622. The molecule has 1 atom stereocenters. The van der Waals surface area contributed by atoms with Crippen LogP contribution in [-0.2, 0) is 16.0 Å². The van der Waals surface area contributed by atoms with E-state index in [4.69, 9.17) is 16.3 Å². The zero-order valence-corrected chi connectivity index (χ0v) is 14.0. The van der Waals surface area contributed by atoms with Gasteiger partial charge >= 0.3 is 6.09 Å². The van der Waals surface area contributed by atoms with Crippen LogP contribution in [0.4, 0.5) is 4.79 Å². The molecule has 1 aromatic carbocycles. The predicted octanol–water partition coefficient (Wildman–Crippen LogP) is 2.72. The minimum absolute atomic E-state index is 0.122. The maximum atomic E-state index is 12.5. The summed E-state index contributed by atoms with van der Waals surface area (Å²) in [5, 5.41) is 0.690. The molecule has 0 N–H and O–H groups in total. The summed E-state index contributed by atoms with van der Waals surface area (Å²) in [4.78, 5) is 28.0. The van der Waals surface area contributed by atoms with Crippen LogP contribution in [0.5, 0.6) is 0 Å². The van der Waals surface area contributed by atoms with Crippen LogP contribution in [0.15, 0.2) is 24.3 Å². The fourth-order valence-electron chi connectivity index (χ4n) is 3.38. The van der Waals surface area contributed by atoms with Gasteiger partial charge in [-0.2, -0.15) is 0 Å². The summed E-state index contributed by atoms with van der Waals surface area (Å²) in [6.45, 7) is 4.10. The summed E-state index contributed by atoms with van der Waals surface area (Å²) in [6.07, 6.45) is 1.66. The van der Waals surface area contributed by atoms with Crippen LogP contribution in [0.1, 0.15) is 25.3 Å². The first kappa shape index (κ1) is 16.1. The molecule has 124 valence electrons. The molecule has 0 aromatic heterocycles. The topological polar surface area (TPSA) is 49.9 Å². The third-order valence-corrected chi connectivity index (χ3v) is 5.10. The normalized spacial score (nSPS) is 23.7. The van der Waals surface area contributed by atoms with Gasteiger partial charge in [0, 0.05) is 31.1 Å². The lowest BCUT2D eigenvalue weighted by atomic mass is 9.92. The minimum Gasteiger partial charge on any atom is -0.447 e. The van der Waals surface area contributed by atoms with Crippen molar-refractivity contribution in [2.45, 2.75) is 31.7 Å². The van der Waals surface area contributed by atoms with Crippen molar-refractivity contribution in [2.75, 3.05) is 26.2 Å². The lowest BCUT2D eigenvalue weighted by molar-refractivity contribution is -0.135. The lowest BCUT2D eigenvalue weighted by Gasteiger charge is -2.44. The molecule has 3 rings (SSSR count). The number of piperazine rings is 1. The maximum absolute atomic E-state index is 12.5. The van der Waals surface area contributed by atoms with E-state index in [0.29, 0.717) is 44.1 Å². The Morgan fingerprint density at radius 1 is 1.39 bits per heavy atom. The van der Waals surface area contributed by atoms with Crippen LogP contribution in [0.25, 0.3) is 0 Å². The summed E-state index contributed by atoms with van der Waals surface area (Å²) < 4.78 is 5.20. The van der Waals surface area contributed by atoms with E-state index < -0.39 is 0 Å². The van der Waals surface area contributed by atoms with Crippen LogP contribution >= 0.6 is 11.6 Å². The largest absolute Gasteiger partial charge is 0.447 e. The van der Waals surface area contributed by atoms with Crippen LogP contribution in [-0.4, -0.2) is 53.6 Å². The second-order valence-electron chi connectivity index (χ2n) is 6.23. The van der Waals surface area contributed by atoms with Gasteiger partial charge in [-0.1, -0.05) is 30.7 Å². The number of hydrogen-bond donors (Lipinski definition) is 0. The molecular weight excluding hydrogens is 316 g/mol. The summed E-state index contributed by atoms with van der Waals surface area (Å²) in [5.74, 6) is 0.122. The number of halogens is 1. The molecule has 1 aromatic rings. The second-order valence-corrected chi connectivity index (χ2v) is 6.67. The zero-order chi connectivity index (χ0) is 16.4. The van der Waals surface area contributed by atoms with Gasteiger partial charge in [0.05, 0.1) is 5.54 Å². The highest BCUT2D eigenvalue weighted by atomic mass is 35.5. The Kier molecular flexibility index (Phi) is 4.48. The number of benzene rings is 1. The van der Waals surface area contributed by atoms with Crippen molar-refractivity contribution in [2.24, 2.45) is 0 Å². The van der Waals surface area contributed by atoms with Crippen molar-refractivity contribution in [1.82, 2.24) is 9.80 Å². The van der Waals surface area contributed by atoms with E-state index in [9.17, 15) is 9.59 Å². The SMILES string of the molecule is CCC12COC(=O)N1CCN(C(=O)CCc1cccc(Cl)c1)C2. The minimum atomic E-state index is -0.346. The molecule has 0 bridgehead atoms. The van der Waals surface area contributed by atoms with Crippen LogP contribution < -0.4 is 0 Å². The van der Waals surface area contributed by atoms with Crippen molar-refractivity contribution in [3.05, 3.63) is 34.9 Å². The Labute approximate surface area is 141 Å². The molecule has 2 fully saturated rings. The molecule has 2 aliphatic rings.